The van der Waals surface area contributed by atoms with Crippen molar-refractivity contribution in [3.63, 3.8) is 0 Å². The Morgan fingerprint density at radius 3 is 2.19 bits per heavy atom. The summed E-state index contributed by atoms with van der Waals surface area (Å²) in [5.41, 5.74) is 9.72. The molecule has 0 bridgehead atoms. The molecule has 0 saturated heterocycles. The van der Waals surface area contributed by atoms with Crippen LogP contribution in [0, 0.1) is 6.92 Å². The maximum absolute atomic E-state index is 12.6. The van der Waals surface area contributed by atoms with E-state index in [2.05, 4.69) is 15.4 Å². The van der Waals surface area contributed by atoms with Crippen molar-refractivity contribution < 1.29 is 19.1 Å². The number of carbonyl (C=O) groups is 3. The van der Waals surface area contributed by atoms with Gasteiger partial charge < -0.3 is 21.1 Å². The average molecular weight is 417 g/mol. The summed E-state index contributed by atoms with van der Waals surface area (Å²) < 4.78 is 4.65. The van der Waals surface area contributed by atoms with Crippen molar-refractivity contribution in [3.05, 3.63) is 94.5 Å². The van der Waals surface area contributed by atoms with E-state index in [0.29, 0.717) is 34.6 Å². The molecule has 31 heavy (non-hydrogen) atoms. The van der Waals surface area contributed by atoms with E-state index in [4.69, 9.17) is 5.73 Å². The third kappa shape index (κ3) is 5.34. The molecule has 3 aromatic carbocycles. The van der Waals surface area contributed by atoms with Crippen molar-refractivity contribution in [2.45, 2.75) is 13.5 Å². The number of ether oxygens (including phenoxy) is 1. The summed E-state index contributed by atoms with van der Waals surface area (Å²) in [6.07, 6.45) is 0. The van der Waals surface area contributed by atoms with Crippen LogP contribution in [0.2, 0.25) is 0 Å². The molecule has 4 N–H and O–H groups in total. The molecule has 0 aliphatic heterocycles. The second kappa shape index (κ2) is 9.69. The Balaban J connectivity index is 1.73. The Kier molecular flexibility index (Phi) is 6.79. The van der Waals surface area contributed by atoms with Crippen LogP contribution in [0.3, 0.4) is 0 Å². The molecule has 0 saturated carbocycles. The monoisotopic (exact) mass is 417 g/mol. The minimum atomic E-state index is -0.470. The molecule has 0 atom stereocenters. The fourth-order valence-electron chi connectivity index (χ4n) is 2.95. The van der Waals surface area contributed by atoms with Gasteiger partial charge in [0.1, 0.15) is 0 Å². The van der Waals surface area contributed by atoms with Crippen molar-refractivity contribution in [2.75, 3.05) is 17.7 Å². The van der Waals surface area contributed by atoms with Crippen LogP contribution < -0.4 is 16.4 Å². The third-order valence-corrected chi connectivity index (χ3v) is 4.74. The molecule has 0 radical (unpaired) electrons. The molecule has 0 aromatic heterocycles. The largest absolute Gasteiger partial charge is 0.465 e. The van der Waals surface area contributed by atoms with Crippen molar-refractivity contribution >= 4 is 29.2 Å². The van der Waals surface area contributed by atoms with Crippen LogP contribution in [0.25, 0.3) is 0 Å². The van der Waals surface area contributed by atoms with Gasteiger partial charge in [0.15, 0.2) is 0 Å². The van der Waals surface area contributed by atoms with Crippen molar-refractivity contribution in [2.24, 2.45) is 5.73 Å². The van der Waals surface area contributed by atoms with Gasteiger partial charge >= 0.3 is 5.97 Å². The molecule has 0 aliphatic carbocycles. The lowest BCUT2D eigenvalue weighted by atomic mass is 10.1. The quantitative estimate of drug-likeness (QED) is 0.529. The normalized spacial score (nSPS) is 10.3. The molecule has 3 rings (SSSR count). The van der Waals surface area contributed by atoms with Gasteiger partial charge in [0.25, 0.3) is 11.8 Å². The second-order valence-corrected chi connectivity index (χ2v) is 6.91. The van der Waals surface area contributed by atoms with E-state index in [-0.39, 0.29) is 11.8 Å². The molecule has 0 heterocycles. The summed E-state index contributed by atoms with van der Waals surface area (Å²) >= 11 is 0. The smallest absolute Gasteiger partial charge is 0.337 e. The Bertz CT molecular complexity index is 1120. The van der Waals surface area contributed by atoms with Crippen molar-refractivity contribution in [1.82, 2.24) is 0 Å². The number of hydrogen-bond donors (Lipinski definition) is 3. The fraction of sp³-hybridized carbons (Fsp3) is 0.125. The zero-order valence-corrected chi connectivity index (χ0v) is 17.3. The molecule has 7 heteroatoms. The number of benzene rings is 3. The molecule has 3 aromatic rings. The van der Waals surface area contributed by atoms with E-state index in [1.807, 2.05) is 19.1 Å². The number of methoxy groups -OCH3 is 1. The first kappa shape index (κ1) is 21.7. The molecular weight excluding hydrogens is 394 g/mol. The Morgan fingerprint density at radius 1 is 0.839 bits per heavy atom. The molecular formula is C24H23N3O4. The first-order chi connectivity index (χ1) is 14.9. The number of hydrogen-bond acceptors (Lipinski definition) is 5. The predicted molar refractivity (Wildman–Crippen MR) is 119 cm³/mol. The van der Waals surface area contributed by atoms with Gasteiger partial charge in [0, 0.05) is 29.0 Å². The summed E-state index contributed by atoms with van der Waals surface area (Å²) in [5.74, 6) is -1.07. The van der Waals surface area contributed by atoms with Crippen molar-refractivity contribution in [1.29, 1.82) is 0 Å². The topological polar surface area (TPSA) is 111 Å². The van der Waals surface area contributed by atoms with Gasteiger partial charge in [-0.05, 0) is 66.6 Å². The van der Waals surface area contributed by atoms with Crippen molar-refractivity contribution in [3.8, 4) is 0 Å². The van der Waals surface area contributed by atoms with Crippen LogP contribution in [0.4, 0.5) is 11.4 Å². The van der Waals surface area contributed by atoms with Crippen LogP contribution in [0.5, 0.6) is 0 Å². The zero-order chi connectivity index (χ0) is 22.4. The molecule has 0 fully saturated rings. The van der Waals surface area contributed by atoms with Gasteiger partial charge in [-0.1, -0.05) is 18.2 Å². The molecule has 7 nitrogen and oxygen atoms in total. The SMILES string of the molecule is COC(=O)c1ccc(C(=O)Nc2ccc(C)c(NC(=O)c3cccc(CN)c3)c2)cc1. The first-order valence-corrected chi connectivity index (χ1v) is 9.62. The van der Waals surface area contributed by atoms with E-state index < -0.39 is 5.97 Å². The standard InChI is InChI=1S/C24H23N3O4/c1-15-6-11-20(26-22(28)17-7-9-18(10-8-17)24(30)31-2)13-21(15)27-23(29)19-5-3-4-16(12-19)14-25/h3-13H,14,25H2,1-2H3,(H,26,28)(H,27,29). The van der Waals surface area contributed by atoms with E-state index >= 15 is 0 Å². The van der Waals surface area contributed by atoms with E-state index in [0.717, 1.165) is 11.1 Å². The van der Waals surface area contributed by atoms with Gasteiger partial charge in [-0.15, -0.1) is 0 Å². The summed E-state index contributed by atoms with van der Waals surface area (Å²) in [5, 5.41) is 5.67. The highest BCUT2D eigenvalue weighted by Gasteiger charge is 2.12. The summed E-state index contributed by atoms with van der Waals surface area (Å²) in [6.45, 7) is 2.21. The zero-order valence-electron chi connectivity index (χ0n) is 17.3. The molecule has 0 aliphatic rings. The summed E-state index contributed by atoms with van der Waals surface area (Å²) in [4.78, 5) is 36.7. The van der Waals surface area contributed by atoms with Crippen LogP contribution in [0.15, 0.2) is 66.7 Å². The third-order valence-electron chi connectivity index (χ3n) is 4.74. The highest BCUT2D eigenvalue weighted by atomic mass is 16.5. The number of carbonyl (C=O) groups excluding carboxylic acids is 3. The highest BCUT2D eigenvalue weighted by Crippen LogP contribution is 2.22. The molecule has 2 amide bonds. The summed E-state index contributed by atoms with van der Waals surface area (Å²) in [7, 11) is 1.30. The van der Waals surface area contributed by atoms with E-state index in [9.17, 15) is 14.4 Å². The maximum atomic E-state index is 12.6. The van der Waals surface area contributed by atoms with Gasteiger partial charge in [-0.25, -0.2) is 4.79 Å². The first-order valence-electron chi connectivity index (χ1n) is 9.62. The van der Waals surface area contributed by atoms with Gasteiger partial charge in [-0.3, -0.25) is 9.59 Å². The Hall–Kier alpha value is -3.97. The predicted octanol–water partition coefficient (Wildman–Crippen LogP) is 3.74. The number of amides is 2. The minimum absolute atomic E-state index is 0.264. The number of esters is 1. The number of nitrogens with one attached hydrogen (secondary N) is 2. The lowest BCUT2D eigenvalue weighted by molar-refractivity contribution is 0.0600. The van der Waals surface area contributed by atoms with Crippen LogP contribution >= 0.6 is 0 Å². The molecule has 158 valence electrons. The molecule has 0 spiro atoms. The van der Waals surface area contributed by atoms with Crippen LogP contribution in [0.1, 0.15) is 42.2 Å². The van der Waals surface area contributed by atoms with Crippen LogP contribution in [-0.4, -0.2) is 24.9 Å². The van der Waals surface area contributed by atoms with Gasteiger partial charge in [0.2, 0.25) is 0 Å². The van der Waals surface area contributed by atoms with E-state index in [1.54, 1.807) is 42.5 Å². The Labute approximate surface area is 180 Å². The highest BCUT2D eigenvalue weighted by molar-refractivity contribution is 6.07. The van der Waals surface area contributed by atoms with Crippen LogP contribution in [-0.2, 0) is 11.3 Å². The number of anilines is 2. The number of nitrogens with two attached hydrogens (primary N) is 1. The average Bonchev–Trinajstić information content (AvgIpc) is 2.80. The van der Waals surface area contributed by atoms with Gasteiger partial charge in [0.05, 0.1) is 12.7 Å². The lowest BCUT2D eigenvalue weighted by Crippen LogP contribution is -2.15. The number of rotatable bonds is 6. The number of aryl methyl sites for hydroxylation is 1. The lowest BCUT2D eigenvalue weighted by Gasteiger charge is -2.12. The Morgan fingerprint density at radius 2 is 1.52 bits per heavy atom. The minimum Gasteiger partial charge on any atom is -0.465 e. The summed E-state index contributed by atoms with van der Waals surface area (Å²) in [6, 6.07) is 18.5. The molecule has 0 unspecified atom stereocenters. The van der Waals surface area contributed by atoms with E-state index in [1.165, 1.54) is 19.2 Å². The van der Waals surface area contributed by atoms with Gasteiger partial charge in [-0.2, -0.15) is 0 Å². The fourth-order valence-corrected chi connectivity index (χ4v) is 2.95. The maximum Gasteiger partial charge on any atom is 0.337 e. The second-order valence-electron chi connectivity index (χ2n) is 6.91.